The number of rotatable bonds is 2. The molecule has 0 saturated carbocycles. The maximum atomic E-state index is 12.9. The van der Waals surface area contributed by atoms with Crippen molar-refractivity contribution < 1.29 is 0 Å². The summed E-state index contributed by atoms with van der Waals surface area (Å²) in [6.07, 6.45) is 5.03. The van der Waals surface area contributed by atoms with Gasteiger partial charge in [0.1, 0.15) is 0 Å². The molecule has 0 spiro atoms. The molecule has 4 aromatic heterocycles. The standard InChI is InChI=1S/C20H15ClN6O2/c1-24-17-16(18(28)25(2)20(24)29)26-11-15(12-6-4-3-5-7-12)27(19(26)23-17)14-8-9-22-10-13(14)21/h3-11H,1-2H3. The summed E-state index contributed by atoms with van der Waals surface area (Å²) >= 11 is 6.45. The molecule has 0 aliphatic rings. The van der Waals surface area contributed by atoms with Gasteiger partial charge in [-0.05, 0) is 6.07 Å². The molecular weight excluding hydrogens is 392 g/mol. The van der Waals surface area contributed by atoms with E-state index < -0.39 is 11.2 Å². The van der Waals surface area contributed by atoms with Crippen molar-refractivity contribution in [3.05, 3.63) is 80.8 Å². The van der Waals surface area contributed by atoms with Crippen molar-refractivity contribution in [3.63, 3.8) is 0 Å². The van der Waals surface area contributed by atoms with Gasteiger partial charge in [-0.2, -0.15) is 4.98 Å². The van der Waals surface area contributed by atoms with Crippen molar-refractivity contribution in [3.8, 4) is 16.9 Å². The molecule has 1 aromatic carbocycles. The van der Waals surface area contributed by atoms with Crippen molar-refractivity contribution >= 4 is 28.5 Å². The molecule has 0 N–H and O–H groups in total. The van der Waals surface area contributed by atoms with Crippen molar-refractivity contribution in [2.75, 3.05) is 0 Å². The zero-order valence-corrected chi connectivity index (χ0v) is 16.3. The van der Waals surface area contributed by atoms with E-state index in [1.165, 1.54) is 11.6 Å². The van der Waals surface area contributed by atoms with Gasteiger partial charge in [-0.3, -0.25) is 27.9 Å². The van der Waals surface area contributed by atoms with E-state index >= 15 is 0 Å². The number of nitrogens with zero attached hydrogens (tertiary/aromatic N) is 6. The summed E-state index contributed by atoms with van der Waals surface area (Å²) in [5.74, 6) is 0.477. The minimum absolute atomic E-state index is 0.312. The summed E-state index contributed by atoms with van der Waals surface area (Å²) in [5, 5.41) is 0.441. The predicted octanol–water partition coefficient (Wildman–Crippen LogP) is 2.39. The molecule has 0 aliphatic heterocycles. The number of halogens is 1. The second-order valence-electron chi connectivity index (χ2n) is 6.70. The Balaban J connectivity index is 2.01. The van der Waals surface area contributed by atoms with Crippen LogP contribution in [0.3, 0.4) is 0 Å². The Morgan fingerprint density at radius 1 is 1.00 bits per heavy atom. The molecule has 144 valence electrons. The minimum Gasteiger partial charge on any atom is -0.279 e. The molecule has 0 saturated heterocycles. The first kappa shape index (κ1) is 17.4. The molecular formula is C20H15ClN6O2. The molecule has 0 atom stereocenters. The van der Waals surface area contributed by atoms with E-state index in [1.807, 2.05) is 41.1 Å². The Labute approximate surface area is 168 Å². The van der Waals surface area contributed by atoms with Crippen LogP contribution in [-0.4, -0.2) is 28.1 Å². The van der Waals surface area contributed by atoms with Crippen LogP contribution in [0.15, 0.2) is 64.6 Å². The van der Waals surface area contributed by atoms with Crippen molar-refractivity contribution in [2.24, 2.45) is 14.1 Å². The lowest BCUT2D eigenvalue weighted by molar-refractivity contribution is 0.708. The van der Waals surface area contributed by atoms with Gasteiger partial charge in [0.25, 0.3) is 5.56 Å². The quantitative estimate of drug-likeness (QED) is 0.451. The van der Waals surface area contributed by atoms with Crippen LogP contribution in [0.25, 0.3) is 33.9 Å². The Bertz CT molecular complexity index is 1520. The molecule has 9 heteroatoms. The predicted molar refractivity (Wildman–Crippen MR) is 111 cm³/mol. The Morgan fingerprint density at radius 3 is 2.48 bits per heavy atom. The molecule has 5 rings (SSSR count). The molecule has 0 bridgehead atoms. The lowest BCUT2D eigenvalue weighted by Gasteiger charge is -2.10. The van der Waals surface area contributed by atoms with Crippen molar-refractivity contribution in [1.82, 2.24) is 28.1 Å². The van der Waals surface area contributed by atoms with E-state index in [0.717, 1.165) is 15.8 Å². The molecule has 0 amide bonds. The highest BCUT2D eigenvalue weighted by Gasteiger charge is 2.22. The molecule has 0 aliphatic carbocycles. The Kier molecular flexibility index (Phi) is 3.72. The Morgan fingerprint density at radius 2 is 1.76 bits per heavy atom. The normalized spacial score (nSPS) is 11.6. The molecule has 0 unspecified atom stereocenters. The molecule has 8 nitrogen and oxygen atoms in total. The van der Waals surface area contributed by atoms with Gasteiger partial charge in [0.2, 0.25) is 5.78 Å². The average Bonchev–Trinajstić information content (AvgIpc) is 3.28. The van der Waals surface area contributed by atoms with Crippen LogP contribution in [0, 0.1) is 0 Å². The number of pyridine rings is 1. The smallest absolute Gasteiger partial charge is 0.279 e. The summed E-state index contributed by atoms with van der Waals surface area (Å²) in [5.41, 5.74) is 2.21. The van der Waals surface area contributed by atoms with Crippen LogP contribution in [0.2, 0.25) is 5.02 Å². The Hall–Kier alpha value is -3.65. The zero-order chi connectivity index (χ0) is 20.3. The van der Waals surface area contributed by atoms with E-state index in [0.29, 0.717) is 27.7 Å². The first-order valence-corrected chi connectivity index (χ1v) is 9.21. The lowest BCUT2D eigenvalue weighted by Crippen LogP contribution is -2.37. The zero-order valence-electron chi connectivity index (χ0n) is 15.6. The highest BCUT2D eigenvalue weighted by molar-refractivity contribution is 6.32. The summed E-state index contributed by atoms with van der Waals surface area (Å²) in [4.78, 5) is 33.9. The number of imidazole rings is 2. The fourth-order valence-corrected chi connectivity index (χ4v) is 3.77. The van der Waals surface area contributed by atoms with Crippen molar-refractivity contribution in [1.29, 1.82) is 0 Å². The third kappa shape index (κ3) is 2.39. The van der Waals surface area contributed by atoms with Gasteiger partial charge in [0, 0.05) is 38.2 Å². The minimum atomic E-state index is -0.431. The number of aromatic nitrogens is 6. The van der Waals surface area contributed by atoms with E-state index in [-0.39, 0.29) is 0 Å². The summed E-state index contributed by atoms with van der Waals surface area (Å²) in [6.45, 7) is 0. The van der Waals surface area contributed by atoms with Crippen molar-refractivity contribution in [2.45, 2.75) is 0 Å². The SMILES string of the molecule is Cn1c(=O)c2c(nc3n(-c4ccncc4Cl)c(-c4ccccc4)cn23)n(C)c1=O. The van der Waals surface area contributed by atoms with E-state index in [2.05, 4.69) is 9.97 Å². The second kappa shape index (κ2) is 6.18. The fraction of sp³-hybridized carbons (Fsp3) is 0.100. The van der Waals surface area contributed by atoms with Crippen LogP contribution < -0.4 is 11.2 Å². The third-order valence-electron chi connectivity index (χ3n) is 5.03. The largest absolute Gasteiger partial charge is 0.332 e. The maximum absolute atomic E-state index is 12.9. The number of aryl methyl sites for hydroxylation is 1. The molecule has 0 fully saturated rings. The summed E-state index contributed by atoms with van der Waals surface area (Å²) in [6, 6.07) is 11.5. The third-order valence-corrected chi connectivity index (χ3v) is 5.32. The highest BCUT2D eigenvalue weighted by Crippen LogP contribution is 2.31. The van der Waals surface area contributed by atoms with Gasteiger partial charge in [-0.25, -0.2) is 4.79 Å². The van der Waals surface area contributed by atoms with Gasteiger partial charge in [-0.15, -0.1) is 0 Å². The van der Waals surface area contributed by atoms with E-state index in [4.69, 9.17) is 11.6 Å². The van der Waals surface area contributed by atoms with E-state index in [9.17, 15) is 9.59 Å². The highest BCUT2D eigenvalue weighted by atomic mass is 35.5. The van der Waals surface area contributed by atoms with Crippen LogP contribution in [0.4, 0.5) is 0 Å². The molecule has 0 radical (unpaired) electrons. The van der Waals surface area contributed by atoms with Crippen LogP contribution in [0.1, 0.15) is 0 Å². The fourth-order valence-electron chi connectivity index (χ4n) is 3.57. The first-order chi connectivity index (χ1) is 14.0. The van der Waals surface area contributed by atoms with Gasteiger partial charge in [0.15, 0.2) is 11.2 Å². The lowest BCUT2D eigenvalue weighted by atomic mass is 10.1. The number of benzene rings is 1. The van der Waals surface area contributed by atoms with Gasteiger partial charge in [0.05, 0.1) is 16.4 Å². The monoisotopic (exact) mass is 406 g/mol. The molecule has 4 heterocycles. The van der Waals surface area contributed by atoms with Crippen LogP contribution in [0.5, 0.6) is 0 Å². The van der Waals surface area contributed by atoms with Crippen LogP contribution in [-0.2, 0) is 14.1 Å². The average molecular weight is 407 g/mol. The van der Waals surface area contributed by atoms with E-state index in [1.54, 1.807) is 29.9 Å². The summed E-state index contributed by atoms with van der Waals surface area (Å²) < 4.78 is 6.01. The number of fused-ring (bicyclic) bond motifs is 3. The first-order valence-electron chi connectivity index (χ1n) is 8.84. The van der Waals surface area contributed by atoms with Gasteiger partial charge in [-0.1, -0.05) is 41.9 Å². The van der Waals surface area contributed by atoms with Crippen LogP contribution >= 0.6 is 11.6 Å². The number of hydrogen-bond donors (Lipinski definition) is 0. The second-order valence-corrected chi connectivity index (χ2v) is 7.11. The van der Waals surface area contributed by atoms with Gasteiger partial charge < -0.3 is 0 Å². The van der Waals surface area contributed by atoms with Gasteiger partial charge >= 0.3 is 5.69 Å². The topological polar surface area (TPSA) is 79.1 Å². The summed E-state index contributed by atoms with van der Waals surface area (Å²) in [7, 11) is 3.05. The molecule has 29 heavy (non-hydrogen) atoms. The maximum Gasteiger partial charge on any atom is 0.332 e. The number of hydrogen-bond acceptors (Lipinski definition) is 4. The molecule has 5 aromatic rings.